The Labute approximate surface area is 94.4 Å². The van der Waals surface area contributed by atoms with E-state index in [1.54, 1.807) is 0 Å². The minimum atomic E-state index is 0.526. The fraction of sp³-hybridized carbons (Fsp3) is 0.500. The van der Waals surface area contributed by atoms with Crippen molar-refractivity contribution in [2.45, 2.75) is 23.4 Å². The van der Waals surface area contributed by atoms with Gasteiger partial charge >= 0.3 is 0 Å². The quantitative estimate of drug-likeness (QED) is 0.827. The molecule has 3 heteroatoms. The van der Waals surface area contributed by atoms with E-state index in [0.29, 0.717) is 12.1 Å². The number of nitrogens with one attached hydrogen (secondary N) is 1. The van der Waals surface area contributed by atoms with Gasteiger partial charge in [0.05, 0.1) is 6.61 Å². The van der Waals surface area contributed by atoms with Crippen molar-refractivity contribution in [2.75, 3.05) is 19.0 Å². The van der Waals surface area contributed by atoms with Gasteiger partial charge in [-0.25, -0.2) is 0 Å². The summed E-state index contributed by atoms with van der Waals surface area (Å²) in [6.07, 6.45) is 1.16. The Balaban J connectivity index is 1.73. The van der Waals surface area contributed by atoms with Crippen LogP contribution in [-0.4, -0.2) is 25.0 Å². The lowest BCUT2D eigenvalue weighted by Gasteiger charge is -2.17. The van der Waals surface area contributed by atoms with Crippen LogP contribution in [0.5, 0.6) is 0 Å². The van der Waals surface area contributed by atoms with Gasteiger partial charge in [-0.2, -0.15) is 0 Å². The molecule has 1 fully saturated rings. The normalized spacial score (nSPS) is 29.3. The summed E-state index contributed by atoms with van der Waals surface area (Å²) < 4.78 is 5.39. The van der Waals surface area contributed by atoms with Crippen LogP contribution in [0.4, 0.5) is 0 Å². The zero-order valence-electron chi connectivity index (χ0n) is 8.61. The van der Waals surface area contributed by atoms with Crippen molar-refractivity contribution in [3.63, 3.8) is 0 Å². The second-order valence-electron chi connectivity index (χ2n) is 4.13. The van der Waals surface area contributed by atoms with E-state index >= 15 is 0 Å². The van der Waals surface area contributed by atoms with Gasteiger partial charge in [-0.3, -0.25) is 0 Å². The van der Waals surface area contributed by atoms with E-state index in [-0.39, 0.29) is 0 Å². The topological polar surface area (TPSA) is 21.3 Å². The maximum absolute atomic E-state index is 5.39. The van der Waals surface area contributed by atoms with Gasteiger partial charge < -0.3 is 10.1 Å². The number of fused-ring (bicyclic) bond motifs is 1. The molecule has 2 atom stereocenters. The molecule has 0 aromatic heterocycles. The molecule has 2 aliphatic heterocycles. The minimum absolute atomic E-state index is 0.526. The number of hydrogen-bond donors (Lipinski definition) is 1. The Kier molecular flexibility index (Phi) is 2.69. The molecule has 2 aliphatic rings. The van der Waals surface area contributed by atoms with Crippen molar-refractivity contribution in [2.24, 2.45) is 0 Å². The highest BCUT2D eigenvalue weighted by molar-refractivity contribution is 7.99. The fourth-order valence-corrected chi connectivity index (χ4v) is 3.42. The number of thioether (sulfide) groups is 1. The molecule has 15 heavy (non-hydrogen) atoms. The summed E-state index contributed by atoms with van der Waals surface area (Å²) in [5, 5.41) is 3.69. The van der Waals surface area contributed by atoms with Crippen molar-refractivity contribution in [1.82, 2.24) is 5.32 Å². The zero-order chi connectivity index (χ0) is 10.1. The van der Waals surface area contributed by atoms with Gasteiger partial charge in [0.2, 0.25) is 0 Å². The van der Waals surface area contributed by atoms with Gasteiger partial charge in [-0.15, -0.1) is 11.8 Å². The lowest BCUT2D eigenvalue weighted by atomic mass is 10.1. The number of benzene rings is 1. The predicted octanol–water partition coefficient (Wildman–Crippen LogP) is 2.21. The second kappa shape index (κ2) is 4.16. The molecule has 0 saturated carbocycles. The number of rotatable bonds is 2. The van der Waals surface area contributed by atoms with Crippen molar-refractivity contribution >= 4 is 11.8 Å². The largest absolute Gasteiger partial charge is 0.380 e. The first-order valence-electron chi connectivity index (χ1n) is 5.49. The zero-order valence-corrected chi connectivity index (χ0v) is 9.43. The molecule has 1 N–H and O–H groups in total. The van der Waals surface area contributed by atoms with E-state index in [1.807, 2.05) is 11.8 Å². The van der Waals surface area contributed by atoms with E-state index in [9.17, 15) is 0 Å². The van der Waals surface area contributed by atoms with Crippen LogP contribution in [0.1, 0.15) is 18.0 Å². The van der Waals surface area contributed by atoms with Gasteiger partial charge in [0.25, 0.3) is 0 Å². The van der Waals surface area contributed by atoms with E-state index < -0.39 is 0 Å². The standard InChI is InChI=1S/C12H15NOS/c1-2-4-12-10(3-1)11(8-15-12)13-9-5-6-14-7-9/h1-4,9,11,13H,5-8H2. The third-order valence-corrected chi connectivity index (χ3v) is 4.25. The maximum atomic E-state index is 5.39. The Morgan fingerprint density at radius 3 is 3.13 bits per heavy atom. The third kappa shape index (κ3) is 1.92. The van der Waals surface area contributed by atoms with Crippen molar-refractivity contribution in [3.05, 3.63) is 29.8 Å². The van der Waals surface area contributed by atoms with Gasteiger partial charge in [0, 0.05) is 29.3 Å². The molecule has 0 spiro atoms. The molecule has 0 bridgehead atoms. The van der Waals surface area contributed by atoms with Crippen LogP contribution >= 0.6 is 11.8 Å². The molecule has 1 aromatic carbocycles. The number of hydrogen-bond acceptors (Lipinski definition) is 3. The Morgan fingerprint density at radius 1 is 1.33 bits per heavy atom. The van der Waals surface area contributed by atoms with E-state index in [4.69, 9.17) is 4.74 Å². The highest BCUT2D eigenvalue weighted by Gasteiger charge is 2.26. The summed E-state index contributed by atoms with van der Waals surface area (Å²) >= 11 is 1.96. The lowest BCUT2D eigenvalue weighted by molar-refractivity contribution is 0.188. The third-order valence-electron chi connectivity index (χ3n) is 3.07. The predicted molar refractivity (Wildman–Crippen MR) is 62.3 cm³/mol. The first kappa shape index (κ1) is 9.70. The maximum Gasteiger partial charge on any atom is 0.0620 e. The highest BCUT2D eigenvalue weighted by Crippen LogP contribution is 2.38. The van der Waals surface area contributed by atoms with Crippen LogP contribution in [0, 0.1) is 0 Å². The average Bonchev–Trinajstić information content (AvgIpc) is 2.89. The molecule has 2 nitrogen and oxygen atoms in total. The van der Waals surface area contributed by atoms with Crippen LogP contribution in [-0.2, 0) is 4.74 Å². The Hall–Kier alpha value is -0.510. The molecule has 2 unspecified atom stereocenters. The molecular formula is C12H15NOS. The molecule has 0 aliphatic carbocycles. The van der Waals surface area contributed by atoms with Crippen molar-refractivity contribution in [3.8, 4) is 0 Å². The van der Waals surface area contributed by atoms with Gasteiger partial charge in [0.15, 0.2) is 0 Å². The molecule has 1 aromatic rings. The van der Waals surface area contributed by atoms with Gasteiger partial charge in [0.1, 0.15) is 0 Å². The average molecular weight is 221 g/mol. The van der Waals surface area contributed by atoms with Crippen LogP contribution in [0.25, 0.3) is 0 Å². The van der Waals surface area contributed by atoms with E-state index in [2.05, 4.69) is 29.6 Å². The summed E-state index contributed by atoms with van der Waals surface area (Å²) in [7, 11) is 0. The first-order valence-corrected chi connectivity index (χ1v) is 6.47. The summed E-state index contributed by atoms with van der Waals surface area (Å²) in [5.74, 6) is 1.16. The van der Waals surface area contributed by atoms with Crippen LogP contribution in [0.2, 0.25) is 0 Å². The first-order chi connectivity index (χ1) is 7.43. The molecule has 0 amide bonds. The number of ether oxygens (including phenoxy) is 1. The lowest BCUT2D eigenvalue weighted by Crippen LogP contribution is -2.33. The van der Waals surface area contributed by atoms with Crippen molar-refractivity contribution < 1.29 is 4.74 Å². The molecule has 1 saturated heterocycles. The van der Waals surface area contributed by atoms with E-state index in [0.717, 1.165) is 25.4 Å². The highest BCUT2D eigenvalue weighted by atomic mass is 32.2. The molecular weight excluding hydrogens is 206 g/mol. The molecule has 0 radical (unpaired) electrons. The molecule has 80 valence electrons. The van der Waals surface area contributed by atoms with Crippen molar-refractivity contribution in [1.29, 1.82) is 0 Å². The second-order valence-corrected chi connectivity index (χ2v) is 5.19. The SMILES string of the molecule is c1ccc2c(c1)SCC2NC1CCOC1. The monoisotopic (exact) mass is 221 g/mol. The van der Waals surface area contributed by atoms with E-state index in [1.165, 1.54) is 10.5 Å². The molecule has 3 rings (SSSR count). The Morgan fingerprint density at radius 2 is 2.27 bits per heavy atom. The van der Waals surface area contributed by atoms with Gasteiger partial charge in [-0.05, 0) is 18.1 Å². The Bertz CT molecular complexity index is 349. The minimum Gasteiger partial charge on any atom is -0.380 e. The fourth-order valence-electron chi connectivity index (χ4n) is 2.25. The molecule has 2 heterocycles. The summed E-state index contributed by atoms with van der Waals surface area (Å²) in [4.78, 5) is 1.44. The smallest absolute Gasteiger partial charge is 0.0620 e. The summed E-state index contributed by atoms with van der Waals surface area (Å²) in [6.45, 7) is 1.79. The van der Waals surface area contributed by atoms with Crippen LogP contribution in [0.3, 0.4) is 0 Å². The van der Waals surface area contributed by atoms with Crippen LogP contribution in [0.15, 0.2) is 29.2 Å². The van der Waals surface area contributed by atoms with Crippen LogP contribution < -0.4 is 5.32 Å². The summed E-state index contributed by atoms with van der Waals surface area (Å²) in [6, 6.07) is 9.78. The van der Waals surface area contributed by atoms with Gasteiger partial charge in [-0.1, -0.05) is 18.2 Å². The summed E-state index contributed by atoms with van der Waals surface area (Å²) in [5.41, 5.74) is 1.47.